The Morgan fingerprint density at radius 3 is 2.29 bits per heavy atom. The molecule has 8 heteroatoms. The maximum atomic E-state index is 15.5. The third-order valence-corrected chi connectivity index (χ3v) is 8.90. The van der Waals surface area contributed by atoms with Crippen molar-refractivity contribution in [3.05, 3.63) is 50.8 Å². The van der Waals surface area contributed by atoms with E-state index < -0.39 is 23.5 Å². The number of nitrogens with zero attached hydrogens (tertiary/aromatic N) is 2. The van der Waals surface area contributed by atoms with Crippen molar-refractivity contribution >= 4 is 12.0 Å². The van der Waals surface area contributed by atoms with Crippen molar-refractivity contribution in [2.24, 2.45) is 5.41 Å². The Morgan fingerprint density at radius 2 is 1.71 bits per heavy atom. The number of benzene rings is 2. The summed E-state index contributed by atoms with van der Waals surface area (Å²) in [6, 6.07) is 1.49. The summed E-state index contributed by atoms with van der Waals surface area (Å²) in [5.74, 6) is -1.25. The van der Waals surface area contributed by atoms with Crippen molar-refractivity contribution in [2.45, 2.75) is 99.4 Å². The van der Waals surface area contributed by atoms with Crippen LogP contribution in [0.3, 0.4) is 0 Å². The summed E-state index contributed by atoms with van der Waals surface area (Å²) in [6.45, 7) is 18.4. The van der Waals surface area contributed by atoms with Gasteiger partial charge in [0.15, 0.2) is 17.7 Å². The van der Waals surface area contributed by atoms with Crippen molar-refractivity contribution < 1.29 is 28.6 Å². The topological polar surface area (TPSA) is 79.3 Å². The Morgan fingerprint density at radius 1 is 1.05 bits per heavy atom. The fourth-order valence-electron chi connectivity index (χ4n) is 6.81. The highest BCUT2D eigenvalue weighted by Crippen LogP contribution is 2.47. The first-order chi connectivity index (χ1) is 19.1. The highest BCUT2D eigenvalue weighted by molar-refractivity contribution is 5.86. The number of amides is 2. The first-order valence-electron chi connectivity index (χ1n) is 14.6. The van der Waals surface area contributed by atoms with Gasteiger partial charge in [0, 0.05) is 37.3 Å². The molecule has 222 valence electrons. The predicted octanol–water partition coefficient (Wildman–Crippen LogP) is 6.85. The number of fused-ring (bicyclic) bond motifs is 2. The van der Waals surface area contributed by atoms with E-state index in [1.807, 2.05) is 51.3 Å². The number of likely N-dealkylation sites (tertiary alicyclic amines) is 1. The van der Waals surface area contributed by atoms with Crippen LogP contribution in [-0.4, -0.2) is 52.2 Å². The van der Waals surface area contributed by atoms with Gasteiger partial charge in [-0.05, 0) is 111 Å². The zero-order chi connectivity index (χ0) is 30.0. The zero-order valence-electron chi connectivity index (χ0n) is 25.7. The number of urea groups is 1. The van der Waals surface area contributed by atoms with Crippen LogP contribution in [0.25, 0.3) is 11.1 Å². The Hall–Kier alpha value is -3.13. The SMILES string of the molecule is Cc1c(-c2c(C)c3c(c(C)c2[C@H](OC(C)(C)C)C(=O)O)CN(C(=O)N2CCC(C)(C)C2)C3)cc(F)c2c1CCCO2. The molecule has 0 aromatic heterocycles. The van der Waals surface area contributed by atoms with Gasteiger partial charge in [-0.2, -0.15) is 0 Å². The van der Waals surface area contributed by atoms with Crippen LogP contribution in [-0.2, 0) is 29.0 Å². The second-order valence-electron chi connectivity index (χ2n) is 13.7. The number of carbonyl (C=O) groups excluding carboxylic acids is 1. The van der Waals surface area contributed by atoms with Crippen LogP contribution in [0.15, 0.2) is 6.07 Å². The first-order valence-corrected chi connectivity index (χ1v) is 14.6. The minimum Gasteiger partial charge on any atom is -0.490 e. The first kappa shape index (κ1) is 29.4. The molecule has 1 N–H and O–H groups in total. The molecule has 5 rings (SSSR count). The molecule has 2 aromatic rings. The summed E-state index contributed by atoms with van der Waals surface area (Å²) in [5, 5.41) is 10.5. The maximum Gasteiger partial charge on any atom is 0.337 e. The summed E-state index contributed by atoms with van der Waals surface area (Å²) in [4.78, 5) is 30.2. The molecule has 1 fully saturated rings. The van der Waals surface area contributed by atoms with E-state index in [-0.39, 0.29) is 11.4 Å². The van der Waals surface area contributed by atoms with Crippen LogP contribution >= 0.6 is 0 Å². The van der Waals surface area contributed by atoms with Crippen LogP contribution in [0, 0.1) is 32.0 Å². The normalized spacial score (nSPS) is 18.7. The van der Waals surface area contributed by atoms with Crippen molar-refractivity contribution in [3.8, 4) is 16.9 Å². The molecule has 0 spiro atoms. The number of ether oxygens (including phenoxy) is 2. The lowest BCUT2D eigenvalue weighted by molar-refractivity contribution is -0.160. The average molecular weight is 567 g/mol. The molecule has 0 bridgehead atoms. The van der Waals surface area contributed by atoms with Crippen LogP contribution in [0.4, 0.5) is 9.18 Å². The Labute approximate surface area is 242 Å². The summed E-state index contributed by atoms with van der Waals surface area (Å²) >= 11 is 0. The van der Waals surface area contributed by atoms with E-state index in [0.717, 1.165) is 52.8 Å². The summed E-state index contributed by atoms with van der Waals surface area (Å²) in [7, 11) is 0. The number of aliphatic carboxylic acids is 1. The maximum absolute atomic E-state index is 15.5. The standard InChI is InChI=1S/C33H43FN2O5/c1-18-21-10-9-13-40-28(21)25(34)14-22(18)26-19(2)23-15-36(31(39)35-12-11-33(7,8)17-35)16-24(23)20(3)27(26)29(30(37)38)41-32(4,5)6/h14,29H,9-13,15-17H2,1-8H3,(H,37,38)/t29-/m0/s1. The number of carbonyl (C=O) groups is 2. The summed E-state index contributed by atoms with van der Waals surface area (Å²) < 4.78 is 27.4. The van der Waals surface area contributed by atoms with Crippen LogP contribution < -0.4 is 4.74 Å². The Balaban J connectivity index is 1.70. The van der Waals surface area contributed by atoms with Gasteiger partial charge >= 0.3 is 12.0 Å². The summed E-state index contributed by atoms with van der Waals surface area (Å²) in [5.41, 5.74) is 6.52. The molecule has 3 heterocycles. The molecule has 2 aromatic carbocycles. The van der Waals surface area contributed by atoms with Crippen molar-refractivity contribution in [2.75, 3.05) is 19.7 Å². The highest BCUT2D eigenvalue weighted by Gasteiger charge is 2.40. The Kier molecular flexibility index (Phi) is 7.38. The lowest BCUT2D eigenvalue weighted by atomic mass is 9.81. The highest BCUT2D eigenvalue weighted by atomic mass is 19.1. The molecule has 0 aliphatic carbocycles. The number of carboxylic acids is 1. The third-order valence-electron chi connectivity index (χ3n) is 8.90. The quantitative estimate of drug-likeness (QED) is 0.438. The summed E-state index contributed by atoms with van der Waals surface area (Å²) in [6.07, 6.45) is 1.18. The molecule has 0 saturated carbocycles. The monoisotopic (exact) mass is 566 g/mol. The van der Waals surface area contributed by atoms with E-state index in [9.17, 15) is 14.7 Å². The number of hydrogen-bond donors (Lipinski definition) is 1. The van der Waals surface area contributed by atoms with Crippen molar-refractivity contribution in [1.82, 2.24) is 9.80 Å². The number of hydrogen-bond acceptors (Lipinski definition) is 4. The van der Waals surface area contributed by atoms with Gasteiger partial charge < -0.3 is 24.4 Å². The molecule has 41 heavy (non-hydrogen) atoms. The van der Waals surface area contributed by atoms with E-state index in [2.05, 4.69) is 13.8 Å². The fraction of sp³-hybridized carbons (Fsp3) is 0.576. The third kappa shape index (κ3) is 5.31. The van der Waals surface area contributed by atoms with Gasteiger partial charge in [-0.1, -0.05) is 13.8 Å². The molecule has 3 aliphatic rings. The second-order valence-corrected chi connectivity index (χ2v) is 13.7. The average Bonchev–Trinajstić information content (AvgIpc) is 3.50. The molecule has 1 atom stereocenters. The van der Waals surface area contributed by atoms with E-state index in [1.54, 1.807) is 0 Å². The number of carboxylic acid groups (broad SMARTS) is 1. The number of rotatable bonds is 4. The van der Waals surface area contributed by atoms with Gasteiger partial charge in [0.2, 0.25) is 0 Å². The molecular formula is C33H43FN2O5. The minimum atomic E-state index is -1.27. The molecule has 7 nitrogen and oxygen atoms in total. The van der Waals surface area contributed by atoms with Gasteiger partial charge in [-0.3, -0.25) is 0 Å². The Bertz CT molecular complexity index is 1420. The smallest absolute Gasteiger partial charge is 0.337 e. The van der Waals surface area contributed by atoms with Gasteiger partial charge in [-0.15, -0.1) is 0 Å². The fourth-order valence-corrected chi connectivity index (χ4v) is 6.81. The van der Waals surface area contributed by atoms with E-state index in [1.165, 1.54) is 6.07 Å². The van der Waals surface area contributed by atoms with E-state index in [4.69, 9.17) is 9.47 Å². The zero-order valence-corrected chi connectivity index (χ0v) is 25.7. The number of halogens is 1. The van der Waals surface area contributed by atoms with E-state index in [0.29, 0.717) is 55.1 Å². The molecule has 1 saturated heterocycles. The predicted molar refractivity (Wildman–Crippen MR) is 156 cm³/mol. The van der Waals surface area contributed by atoms with Gasteiger partial charge in [-0.25, -0.2) is 14.0 Å². The van der Waals surface area contributed by atoms with Crippen LogP contribution in [0.1, 0.15) is 92.5 Å². The van der Waals surface area contributed by atoms with Gasteiger partial charge in [0.05, 0.1) is 12.2 Å². The van der Waals surface area contributed by atoms with Gasteiger partial charge in [0.1, 0.15) is 0 Å². The molecule has 0 unspecified atom stereocenters. The second kappa shape index (κ2) is 10.3. The molecule has 2 amide bonds. The van der Waals surface area contributed by atoms with E-state index >= 15 is 4.39 Å². The lowest BCUT2D eigenvalue weighted by Gasteiger charge is -2.31. The molecule has 0 radical (unpaired) electrons. The van der Waals surface area contributed by atoms with Crippen molar-refractivity contribution in [3.63, 3.8) is 0 Å². The van der Waals surface area contributed by atoms with Gasteiger partial charge in [0.25, 0.3) is 0 Å². The van der Waals surface area contributed by atoms with Crippen LogP contribution in [0.2, 0.25) is 0 Å². The largest absolute Gasteiger partial charge is 0.490 e. The molecular weight excluding hydrogens is 523 g/mol. The minimum absolute atomic E-state index is 0.00237. The van der Waals surface area contributed by atoms with Crippen LogP contribution in [0.5, 0.6) is 5.75 Å². The molecule has 3 aliphatic heterocycles. The van der Waals surface area contributed by atoms with Crippen molar-refractivity contribution in [1.29, 1.82) is 0 Å². The lowest BCUT2D eigenvalue weighted by Crippen LogP contribution is -2.39.